The molecule has 150 valence electrons. The Kier molecular flexibility index (Phi) is 6.74. The zero-order chi connectivity index (χ0) is 20.0. The van der Waals surface area contributed by atoms with E-state index in [0.717, 1.165) is 44.7 Å². The summed E-state index contributed by atoms with van der Waals surface area (Å²) >= 11 is 0. The molecular weight excluding hydrogens is 346 g/mol. The van der Waals surface area contributed by atoms with Crippen LogP contribution < -0.4 is 10.6 Å². The monoisotopic (exact) mass is 379 g/mol. The van der Waals surface area contributed by atoms with Crippen molar-refractivity contribution < 1.29 is 4.79 Å². The molecule has 0 spiro atoms. The van der Waals surface area contributed by atoms with Crippen LogP contribution >= 0.6 is 0 Å². The fraction of sp³-hybridized carbons (Fsp3) is 0.458. The minimum atomic E-state index is -0.116. The molecule has 2 amide bonds. The lowest BCUT2D eigenvalue weighted by Gasteiger charge is -2.32. The molecule has 1 fully saturated rings. The molecule has 2 aromatic rings. The normalized spacial score (nSPS) is 16.0. The first-order valence-corrected chi connectivity index (χ1v) is 10.3. The van der Waals surface area contributed by atoms with Gasteiger partial charge in [0.1, 0.15) is 0 Å². The predicted octanol–water partition coefficient (Wildman–Crippen LogP) is 5.02. The molecule has 0 aliphatic carbocycles. The number of nitrogens with zero attached hydrogens (tertiary/aromatic N) is 1. The van der Waals surface area contributed by atoms with Gasteiger partial charge in [0.2, 0.25) is 0 Å². The quantitative estimate of drug-likeness (QED) is 0.766. The van der Waals surface area contributed by atoms with Crippen molar-refractivity contribution in [1.82, 2.24) is 10.2 Å². The van der Waals surface area contributed by atoms with Gasteiger partial charge in [0.05, 0.1) is 0 Å². The summed E-state index contributed by atoms with van der Waals surface area (Å²) in [6.45, 7) is 10.5. The van der Waals surface area contributed by atoms with Gasteiger partial charge < -0.3 is 10.6 Å². The number of amides is 2. The molecule has 2 aromatic carbocycles. The summed E-state index contributed by atoms with van der Waals surface area (Å²) in [4.78, 5) is 14.7. The molecule has 1 saturated heterocycles. The number of carbonyl (C=O) groups excluding carboxylic acids is 1. The number of hydrogen-bond donors (Lipinski definition) is 2. The third kappa shape index (κ3) is 6.10. The molecule has 0 saturated carbocycles. The van der Waals surface area contributed by atoms with Gasteiger partial charge in [-0.05, 0) is 60.5 Å². The van der Waals surface area contributed by atoms with Crippen LogP contribution in [-0.2, 0) is 12.0 Å². The Balaban J connectivity index is 1.37. The summed E-state index contributed by atoms with van der Waals surface area (Å²) < 4.78 is 0. The fourth-order valence-electron chi connectivity index (χ4n) is 3.66. The maximum atomic E-state index is 12.2. The van der Waals surface area contributed by atoms with Gasteiger partial charge in [-0.15, -0.1) is 0 Å². The van der Waals surface area contributed by atoms with Crippen LogP contribution in [0.1, 0.15) is 44.7 Å². The molecule has 0 atom stereocenters. The minimum Gasteiger partial charge on any atom is -0.338 e. The summed E-state index contributed by atoms with van der Waals surface area (Å²) in [5.74, 6) is 0.557. The Hall–Kier alpha value is -2.33. The zero-order valence-electron chi connectivity index (χ0n) is 17.4. The van der Waals surface area contributed by atoms with E-state index in [4.69, 9.17) is 0 Å². The highest BCUT2D eigenvalue weighted by Gasteiger charge is 2.20. The smallest absolute Gasteiger partial charge is 0.319 e. The summed E-state index contributed by atoms with van der Waals surface area (Å²) in [7, 11) is 0. The van der Waals surface area contributed by atoms with E-state index in [0.29, 0.717) is 5.92 Å². The van der Waals surface area contributed by atoms with Gasteiger partial charge in [0.25, 0.3) is 0 Å². The van der Waals surface area contributed by atoms with Crippen molar-refractivity contribution in [2.45, 2.75) is 45.6 Å². The van der Waals surface area contributed by atoms with Crippen LogP contribution in [0.2, 0.25) is 0 Å². The fourth-order valence-corrected chi connectivity index (χ4v) is 3.66. The Morgan fingerprint density at radius 1 is 1.00 bits per heavy atom. The highest BCUT2D eigenvalue weighted by Crippen LogP contribution is 2.23. The number of anilines is 1. The molecule has 28 heavy (non-hydrogen) atoms. The maximum absolute atomic E-state index is 12.2. The molecular formula is C24H33N3O. The lowest BCUT2D eigenvalue weighted by molar-refractivity contribution is 0.175. The van der Waals surface area contributed by atoms with Crippen LogP contribution in [0.4, 0.5) is 10.5 Å². The molecule has 4 heteroatoms. The molecule has 1 aliphatic rings. The predicted molar refractivity (Wildman–Crippen MR) is 117 cm³/mol. The molecule has 4 nitrogen and oxygen atoms in total. The van der Waals surface area contributed by atoms with E-state index < -0.39 is 0 Å². The standard InChI is InChI=1S/C24H33N3O/c1-24(2,3)21-9-11-22(12-10-21)26-23(28)25-17-19-13-15-27(16-14-19)18-20-7-5-4-6-8-20/h4-12,19H,13-18H2,1-3H3,(H2,25,26,28). The Labute approximate surface area is 169 Å². The molecule has 3 rings (SSSR count). The third-order valence-electron chi connectivity index (χ3n) is 5.52. The van der Waals surface area contributed by atoms with Gasteiger partial charge >= 0.3 is 6.03 Å². The van der Waals surface area contributed by atoms with Crippen molar-refractivity contribution in [3.05, 3.63) is 65.7 Å². The topological polar surface area (TPSA) is 44.4 Å². The van der Waals surface area contributed by atoms with E-state index in [9.17, 15) is 4.79 Å². The molecule has 2 N–H and O–H groups in total. The van der Waals surface area contributed by atoms with Crippen molar-refractivity contribution in [3.8, 4) is 0 Å². The van der Waals surface area contributed by atoms with E-state index in [2.05, 4.69) is 78.8 Å². The SMILES string of the molecule is CC(C)(C)c1ccc(NC(=O)NCC2CCN(Cc3ccccc3)CC2)cc1. The lowest BCUT2D eigenvalue weighted by atomic mass is 9.87. The number of piperidine rings is 1. The van der Waals surface area contributed by atoms with Gasteiger partial charge in [0.15, 0.2) is 0 Å². The van der Waals surface area contributed by atoms with E-state index in [1.165, 1.54) is 11.1 Å². The van der Waals surface area contributed by atoms with Crippen LogP contribution in [0.3, 0.4) is 0 Å². The number of nitrogens with one attached hydrogen (secondary N) is 2. The lowest BCUT2D eigenvalue weighted by Crippen LogP contribution is -2.39. The van der Waals surface area contributed by atoms with Crippen molar-refractivity contribution >= 4 is 11.7 Å². The number of carbonyl (C=O) groups is 1. The third-order valence-corrected chi connectivity index (χ3v) is 5.52. The van der Waals surface area contributed by atoms with E-state index in [-0.39, 0.29) is 11.4 Å². The first kappa shape index (κ1) is 20.4. The number of benzene rings is 2. The summed E-state index contributed by atoms with van der Waals surface area (Å²) in [5, 5.41) is 5.98. The van der Waals surface area contributed by atoms with Crippen LogP contribution in [0.25, 0.3) is 0 Å². The zero-order valence-corrected chi connectivity index (χ0v) is 17.4. The first-order valence-electron chi connectivity index (χ1n) is 10.3. The van der Waals surface area contributed by atoms with E-state index in [1.807, 2.05) is 12.1 Å². The maximum Gasteiger partial charge on any atom is 0.319 e. The Morgan fingerprint density at radius 3 is 2.25 bits per heavy atom. The minimum absolute atomic E-state index is 0.116. The number of likely N-dealkylation sites (tertiary alicyclic amines) is 1. The molecule has 1 heterocycles. The van der Waals surface area contributed by atoms with Crippen molar-refractivity contribution in [2.24, 2.45) is 5.92 Å². The molecule has 0 radical (unpaired) electrons. The van der Waals surface area contributed by atoms with Crippen LogP contribution in [0, 0.1) is 5.92 Å². The number of urea groups is 1. The van der Waals surface area contributed by atoms with Crippen LogP contribution in [0.5, 0.6) is 0 Å². The van der Waals surface area contributed by atoms with Gasteiger partial charge in [0, 0.05) is 18.8 Å². The Morgan fingerprint density at radius 2 is 1.64 bits per heavy atom. The summed E-state index contributed by atoms with van der Waals surface area (Å²) in [5.41, 5.74) is 3.59. The molecule has 0 bridgehead atoms. The first-order chi connectivity index (χ1) is 13.4. The number of rotatable bonds is 5. The molecule has 0 aromatic heterocycles. The van der Waals surface area contributed by atoms with Crippen molar-refractivity contribution in [2.75, 3.05) is 25.0 Å². The second-order valence-corrected chi connectivity index (χ2v) is 8.87. The highest BCUT2D eigenvalue weighted by atomic mass is 16.2. The average Bonchev–Trinajstić information content (AvgIpc) is 2.68. The summed E-state index contributed by atoms with van der Waals surface area (Å²) in [6, 6.07) is 18.6. The van der Waals surface area contributed by atoms with Crippen molar-refractivity contribution in [1.29, 1.82) is 0 Å². The van der Waals surface area contributed by atoms with Gasteiger partial charge in [-0.25, -0.2) is 4.79 Å². The van der Waals surface area contributed by atoms with Gasteiger partial charge in [-0.3, -0.25) is 4.90 Å². The largest absolute Gasteiger partial charge is 0.338 e. The summed E-state index contributed by atoms with van der Waals surface area (Å²) in [6.07, 6.45) is 2.26. The van der Waals surface area contributed by atoms with Gasteiger partial charge in [-0.2, -0.15) is 0 Å². The van der Waals surface area contributed by atoms with Crippen LogP contribution in [0.15, 0.2) is 54.6 Å². The van der Waals surface area contributed by atoms with E-state index >= 15 is 0 Å². The second kappa shape index (κ2) is 9.24. The Bertz CT molecular complexity index is 742. The van der Waals surface area contributed by atoms with E-state index in [1.54, 1.807) is 0 Å². The molecule has 1 aliphatic heterocycles. The van der Waals surface area contributed by atoms with Crippen LogP contribution in [-0.4, -0.2) is 30.6 Å². The average molecular weight is 380 g/mol. The highest BCUT2D eigenvalue weighted by molar-refractivity contribution is 5.89. The van der Waals surface area contributed by atoms with Gasteiger partial charge in [-0.1, -0.05) is 63.2 Å². The van der Waals surface area contributed by atoms with Crippen molar-refractivity contribution in [3.63, 3.8) is 0 Å². The number of hydrogen-bond acceptors (Lipinski definition) is 2. The second-order valence-electron chi connectivity index (χ2n) is 8.87. The molecule has 0 unspecified atom stereocenters.